The molecule has 0 aliphatic heterocycles. The fourth-order valence-corrected chi connectivity index (χ4v) is 0.267. The second kappa shape index (κ2) is 7.27. The summed E-state index contributed by atoms with van der Waals surface area (Å²) in [5, 5.41) is 21.2. The third kappa shape index (κ3) is 11.0. The van der Waals surface area contributed by atoms with E-state index in [9.17, 15) is 19.8 Å². The van der Waals surface area contributed by atoms with Crippen molar-refractivity contribution >= 4 is 49.7 Å². The summed E-state index contributed by atoms with van der Waals surface area (Å²) in [6.45, 7) is -0.929. The van der Waals surface area contributed by atoms with E-state index in [1.54, 1.807) is 0 Å². The molecule has 0 amide bonds. The molecule has 10 heavy (non-hydrogen) atoms. The van der Waals surface area contributed by atoms with Crippen LogP contribution in [0.15, 0.2) is 0 Å². The summed E-state index contributed by atoms with van der Waals surface area (Å²) < 4.78 is 0. The molecular formula is C4H5CaNO4. The number of hydrogen-bond acceptors (Lipinski definition) is 5. The molecule has 0 fully saturated rings. The summed E-state index contributed by atoms with van der Waals surface area (Å²) in [7, 11) is 0. The second-order valence-electron chi connectivity index (χ2n) is 1.35. The molecule has 0 unspecified atom stereocenters. The van der Waals surface area contributed by atoms with E-state index in [2.05, 4.69) is 5.32 Å². The summed E-state index contributed by atoms with van der Waals surface area (Å²) in [5.41, 5.74) is 0. The summed E-state index contributed by atoms with van der Waals surface area (Å²) in [6, 6.07) is 0. The fourth-order valence-electron chi connectivity index (χ4n) is 0.267. The van der Waals surface area contributed by atoms with Crippen molar-refractivity contribution in [3.05, 3.63) is 0 Å². The molecule has 0 spiro atoms. The van der Waals surface area contributed by atoms with Gasteiger partial charge in [0, 0.05) is 13.1 Å². The average molecular weight is 171 g/mol. The second-order valence-corrected chi connectivity index (χ2v) is 1.35. The zero-order valence-corrected chi connectivity index (χ0v) is 7.46. The molecule has 0 saturated heterocycles. The van der Waals surface area contributed by atoms with Crippen LogP contribution >= 0.6 is 0 Å². The molecule has 0 radical (unpaired) electrons. The maximum Gasteiger partial charge on any atom is 2.00 e. The Morgan fingerprint density at radius 1 is 1.10 bits per heavy atom. The zero-order valence-electron chi connectivity index (χ0n) is 5.25. The predicted octanol–water partition coefficient (Wildman–Crippen LogP) is -4.30. The van der Waals surface area contributed by atoms with Gasteiger partial charge in [-0.1, -0.05) is 0 Å². The summed E-state index contributed by atoms with van der Waals surface area (Å²) in [4.78, 5) is 19.2. The minimum atomic E-state index is -1.34. The van der Waals surface area contributed by atoms with Crippen molar-refractivity contribution in [3.63, 3.8) is 0 Å². The molecule has 52 valence electrons. The Hall–Kier alpha value is 0.160. The predicted molar refractivity (Wildman–Crippen MR) is 28.6 cm³/mol. The smallest absolute Gasteiger partial charge is 0.549 e. The third-order valence-electron chi connectivity index (χ3n) is 0.539. The van der Waals surface area contributed by atoms with Gasteiger partial charge in [-0.15, -0.1) is 0 Å². The van der Waals surface area contributed by atoms with Crippen LogP contribution in [0.1, 0.15) is 0 Å². The molecular weight excluding hydrogens is 166 g/mol. The van der Waals surface area contributed by atoms with E-state index in [1.807, 2.05) is 0 Å². The standard InChI is InChI=1S/C4H7NO4.Ca/c6-3(7)1-5-2-4(8)9;/h5H,1-2H2,(H,6,7)(H,8,9);/q;+2/p-2. The van der Waals surface area contributed by atoms with Crippen LogP contribution in [0.5, 0.6) is 0 Å². The van der Waals surface area contributed by atoms with E-state index < -0.39 is 25.0 Å². The largest absolute Gasteiger partial charge is 2.00 e. The zero-order chi connectivity index (χ0) is 7.28. The van der Waals surface area contributed by atoms with Crippen molar-refractivity contribution < 1.29 is 19.8 Å². The quantitative estimate of drug-likeness (QED) is 0.432. The van der Waals surface area contributed by atoms with Crippen molar-refractivity contribution in [1.29, 1.82) is 0 Å². The van der Waals surface area contributed by atoms with E-state index in [0.29, 0.717) is 0 Å². The van der Waals surface area contributed by atoms with Gasteiger partial charge in [-0.25, -0.2) is 0 Å². The van der Waals surface area contributed by atoms with Crippen molar-refractivity contribution in [2.75, 3.05) is 13.1 Å². The Morgan fingerprint density at radius 2 is 1.40 bits per heavy atom. The summed E-state index contributed by atoms with van der Waals surface area (Å²) in [6.07, 6.45) is 0. The molecule has 0 aromatic carbocycles. The SMILES string of the molecule is O=C([O-])CNCC(=O)[O-].[Ca+2]. The van der Waals surface area contributed by atoms with E-state index in [0.717, 1.165) is 0 Å². The molecule has 0 aromatic rings. The van der Waals surface area contributed by atoms with E-state index in [1.165, 1.54) is 0 Å². The Balaban J connectivity index is 0. The first-order valence-corrected chi connectivity index (χ1v) is 2.23. The van der Waals surface area contributed by atoms with E-state index >= 15 is 0 Å². The van der Waals surface area contributed by atoms with Crippen LogP contribution in [-0.2, 0) is 9.59 Å². The first kappa shape index (κ1) is 12.8. The topological polar surface area (TPSA) is 92.3 Å². The first-order valence-electron chi connectivity index (χ1n) is 2.23. The number of carboxylic acids is 2. The summed E-state index contributed by atoms with van der Waals surface area (Å²) >= 11 is 0. The van der Waals surface area contributed by atoms with Gasteiger partial charge in [-0.05, 0) is 0 Å². The summed E-state index contributed by atoms with van der Waals surface area (Å²) in [5.74, 6) is -2.67. The Morgan fingerprint density at radius 3 is 1.60 bits per heavy atom. The maximum absolute atomic E-state index is 9.59. The molecule has 5 nitrogen and oxygen atoms in total. The van der Waals surface area contributed by atoms with Gasteiger partial charge in [0.05, 0.1) is 11.9 Å². The molecule has 0 bridgehead atoms. The van der Waals surface area contributed by atoms with Crippen LogP contribution in [0.4, 0.5) is 0 Å². The van der Waals surface area contributed by atoms with Gasteiger partial charge < -0.3 is 25.1 Å². The number of nitrogens with one attached hydrogen (secondary N) is 1. The monoisotopic (exact) mass is 171 g/mol. The Labute approximate surface area is 87.4 Å². The number of aliphatic carboxylic acids is 2. The van der Waals surface area contributed by atoms with Crippen LogP contribution in [-0.4, -0.2) is 62.8 Å². The molecule has 0 aromatic heterocycles. The number of hydrogen-bond donors (Lipinski definition) is 1. The fraction of sp³-hybridized carbons (Fsp3) is 0.500. The molecule has 0 heterocycles. The minimum Gasteiger partial charge on any atom is -0.549 e. The van der Waals surface area contributed by atoms with Crippen molar-refractivity contribution in [1.82, 2.24) is 5.32 Å². The number of rotatable bonds is 4. The van der Waals surface area contributed by atoms with Gasteiger partial charge in [-0.3, -0.25) is 0 Å². The third-order valence-corrected chi connectivity index (χ3v) is 0.539. The normalized spacial score (nSPS) is 8.00. The Bertz CT molecular complexity index is 112. The van der Waals surface area contributed by atoms with Crippen LogP contribution in [0.2, 0.25) is 0 Å². The van der Waals surface area contributed by atoms with Gasteiger partial charge in [0.15, 0.2) is 0 Å². The van der Waals surface area contributed by atoms with Crippen molar-refractivity contribution in [3.8, 4) is 0 Å². The molecule has 0 rings (SSSR count). The average Bonchev–Trinajstić information content (AvgIpc) is 1.63. The maximum atomic E-state index is 9.59. The molecule has 0 saturated carbocycles. The van der Waals surface area contributed by atoms with Gasteiger partial charge in [0.2, 0.25) is 0 Å². The van der Waals surface area contributed by atoms with Crippen molar-refractivity contribution in [2.45, 2.75) is 0 Å². The number of carbonyl (C=O) groups is 2. The molecule has 6 heteroatoms. The van der Waals surface area contributed by atoms with Gasteiger partial charge in [0.25, 0.3) is 0 Å². The van der Waals surface area contributed by atoms with Gasteiger partial charge in [-0.2, -0.15) is 0 Å². The van der Waals surface area contributed by atoms with E-state index in [-0.39, 0.29) is 37.7 Å². The van der Waals surface area contributed by atoms with Gasteiger partial charge in [0.1, 0.15) is 0 Å². The minimum absolute atomic E-state index is 0. The molecule has 0 aliphatic carbocycles. The van der Waals surface area contributed by atoms with Crippen LogP contribution < -0.4 is 15.5 Å². The molecule has 0 aliphatic rings. The van der Waals surface area contributed by atoms with Crippen LogP contribution in [0.25, 0.3) is 0 Å². The van der Waals surface area contributed by atoms with Crippen molar-refractivity contribution in [2.24, 2.45) is 0 Å². The first-order chi connectivity index (χ1) is 4.13. The van der Waals surface area contributed by atoms with E-state index in [4.69, 9.17) is 0 Å². The molecule has 1 N–H and O–H groups in total. The molecule has 0 atom stereocenters. The Kier molecular flexibility index (Phi) is 9.31. The van der Waals surface area contributed by atoms with Gasteiger partial charge >= 0.3 is 37.7 Å². The van der Waals surface area contributed by atoms with Crippen LogP contribution in [0, 0.1) is 0 Å². The van der Waals surface area contributed by atoms with Crippen LogP contribution in [0.3, 0.4) is 0 Å². The number of carboxylic acid groups (broad SMARTS) is 2. The number of carbonyl (C=O) groups excluding carboxylic acids is 2.